The number of carbonyl (C=O) groups is 1. The van der Waals surface area contributed by atoms with Crippen molar-refractivity contribution >= 4 is 39.1 Å². The van der Waals surface area contributed by atoms with Crippen molar-refractivity contribution in [3.63, 3.8) is 0 Å². The SMILES string of the molecule is C/C=C/c1ccc2cc(Br)ccc2c1.N#CC1=CCC(C=O)C=C1. The fraction of sp³-hybridized carbons (Fsp3) is 0.143. The normalized spacial score (nSPS) is 16.2. The molecule has 1 aliphatic rings. The smallest absolute Gasteiger partial charge is 0.127 e. The molecule has 0 spiro atoms. The number of carbonyl (C=O) groups excluding carboxylic acids is 1. The van der Waals surface area contributed by atoms with Gasteiger partial charge in [-0.25, -0.2) is 0 Å². The van der Waals surface area contributed by atoms with Gasteiger partial charge in [-0.05, 0) is 54.0 Å². The quantitative estimate of drug-likeness (QED) is 0.614. The predicted molar refractivity (Wildman–Crippen MR) is 103 cm³/mol. The lowest BCUT2D eigenvalue weighted by Gasteiger charge is -2.04. The molecule has 1 atom stereocenters. The van der Waals surface area contributed by atoms with E-state index in [4.69, 9.17) is 5.26 Å². The maximum Gasteiger partial charge on any atom is 0.127 e. The van der Waals surface area contributed by atoms with Crippen LogP contribution in [0.25, 0.3) is 16.8 Å². The number of aldehydes is 1. The molecule has 1 aliphatic carbocycles. The molecule has 120 valence electrons. The highest BCUT2D eigenvalue weighted by Gasteiger charge is 2.05. The Morgan fingerprint density at radius 1 is 1.21 bits per heavy atom. The molecular weight excluding hydrogens is 362 g/mol. The number of halogens is 1. The van der Waals surface area contributed by atoms with Gasteiger partial charge in [0.25, 0.3) is 0 Å². The lowest BCUT2D eigenvalue weighted by atomic mass is 9.99. The lowest BCUT2D eigenvalue weighted by Crippen LogP contribution is -1.99. The first kappa shape index (κ1) is 17.9. The van der Waals surface area contributed by atoms with E-state index in [1.165, 1.54) is 16.3 Å². The number of nitriles is 1. The van der Waals surface area contributed by atoms with Gasteiger partial charge in [0.15, 0.2) is 0 Å². The molecule has 3 heteroatoms. The second kappa shape index (κ2) is 9.00. The van der Waals surface area contributed by atoms with Crippen LogP contribution >= 0.6 is 15.9 Å². The van der Waals surface area contributed by atoms with E-state index < -0.39 is 0 Å². The molecular formula is C21H18BrNO. The van der Waals surface area contributed by atoms with Crippen molar-refractivity contribution in [3.05, 3.63) is 76.3 Å². The molecule has 2 nitrogen and oxygen atoms in total. The van der Waals surface area contributed by atoms with E-state index >= 15 is 0 Å². The highest BCUT2D eigenvalue weighted by atomic mass is 79.9. The second-order valence-electron chi connectivity index (χ2n) is 5.42. The molecule has 0 amide bonds. The number of hydrogen-bond acceptors (Lipinski definition) is 2. The molecule has 2 aromatic carbocycles. The molecule has 24 heavy (non-hydrogen) atoms. The van der Waals surface area contributed by atoms with Crippen molar-refractivity contribution in [2.24, 2.45) is 5.92 Å². The van der Waals surface area contributed by atoms with Gasteiger partial charge in [0.05, 0.1) is 6.07 Å². The molecule has 0 aliphatic heterocycles. The summed E-state index contributed by atoms with van der Waals surface area (Å²) in [5, 5.41) is 10.9. The number of fused-ring (bicyclic) bond motifs is 1. The standard InChI is InChI=1S/C13H11Br.C8H7NO/c1-2-3-10-4-5-12-9-13(14)7-6-11(12)8-10;9-5-7-1-3-8(6-10)4-2-7/h2-9H,1H3;1-3,6,8H,4H2/b3-2+;. The molecule has 1 unspecified atom stereocenters. The third kappa shape index (κ3) is 5.04. The average Bonchev–Trinajstić information content (AvgIpc) is 2.63. The molecule has 0 saturated carbocycles. The maximum atomic E-state index is 10.2. The van der Waals surface area contributed by atoms with Crippen LogP contribution in [0.15, 0.2) is 70.7 Å². The van der Waals surface area contributed by atoms with E-state index in [0.29, 0.717) is 12.0 Å². The number of hydrogen-bond donors (Lipinski definition) is 0. The summed E-state index contributed by atoms with van der Waals surface area (Å²) in [4.78, 5) is 10.2. The minimum absolute atomic E-state index is 0.0166. The Balaban J connectivity index is 0.000000185. The summed E-state index contributed by atoms with van der Waals surface area (Å²) in [6.45, 7) is 2.03. The van der Waals surface area contributed by atoms with E-state index in [2.05, 4.69) is 64.5 Å². The molecule has 0 radical (unpaired) electrons. The number of nitrogens with zero attached hydrogens (tertiary/aromatic N) is 1. The topological polar surface area (TPSA) is 40.9 Å². The zero-order valence-corrected chi connectivity index (χ0v) is 15.0. The fourth-order valence-electron chi connectivity index (χ4n) is 2.35. The largest absolute Gasteiger partial charge is 0.303 e. The fourth-order valence-corrected chi connectivity index (χ4v) is 2.73. The van der Waals surface area contributed by atoms with Crippen LogP contribution in [0.5, 0.6) is 0 Å². The van der Waals surface area contributed by atoms with Gasteiger partial charge in [-0.15, -0.1) is 0 Å². The Hall–Kier alpha value is -2.44. The van der Waals surface area contributed by atoms with Gasteiger partial charge in [0.1, 0.15) is 6.29 Å². The Kier molecular flexibility index (Phi) is 6.72. The molecule has 0 heterocycles. The minimum Gasteiger partial charge on any atom is -0.303 e. The molecule has 0 fully saturated rings. The average molecular weight is 380 g/mol. The summed E-state index contributed by atoms with van der Waals surface area (Å²) in [7, 11) is 0. The van der Waals surface area contributed by atoms with Crippen molar-refractivity contribution in [1.82, 2.24) is 0 Å². The summed E-state index contributed by atoms with van der Waals surface area (Å²) in [5.41, 5.74) is 1.90. The first-order valence-electron chi connectivity index (χ1n) is 7.72. The van der Waals surface area contributed by atoms with Gasteiger partial charge in [0.2, 0.25) is 0 Å². The van der Waals surface area contributed by atoms with Crippen molar-refractivity contribution < 1.29 is 4.79 Å². The van der Waals surface area contributed by atoms with E-state index in [-0.39, 0.29) is 5.92 Å². The Morgan fingerprint density at radius 3 is 2.58 bits per heavy atom. The Bertz CT molecular complexity index is 856. The lowest BCUT2D eigenvalue weighted by molar-refractivity contribution is -0.109. The molecule has 0 aromatic heterocycles. The summed E-state index contributed by atoms with van der Waals surface area (Å²) in [6, 6.07) is 14.8. The maximum absolute atomic E-state index is 10.2. The summed E-state index contributed by atoms with van der Waals surface area (Å²) in [5.74, 6) is -0.0166. The van der Waals surface area contributed by atoms with Crippen molar-refractivity contribution in [2.75, 3.05) is 0 Å². The van der Waals surface area contributed by atoms with E-state index in [1.807, 2.05) is 13.0 Å². The molecule has 3 rings (SSSR count). The first-order chi connectivity index (χ1) is 11.7. The van der Waals surface area contributed by atoms with Crippen LogP contribution in [0.4, 0.5) is 0 Å². The van der Waals surface area contributed by atoms with Gasteiger partial charge in [-0.3, -0.25) is 0 Å². The molecule has 0 N–H and O–H groups in total. The van der Waals surface area contributed by atoms with Crippen LogP contribution in [-0.2, 0) is 4.79 Å². The van der Waals surface area contributed by atoms with Gasteiger partial charge >= 0.3 is 0 Å². The molecule has 0 saturated heterocycles. The van der Waals surface area contributed by atoms with E-state index in [9.17, 15) is 4.79 Å². The third-order valence-corrected chi connectivity index (χ3v) is 4.12. The van der Waals surface area contributed by atoms with Crippen LogP contribution in [0.3, 0.4) is 0 Å². The Morgan fingerprint density at radius 2 is 1.96 bits per heavy atom. The van der Waals surface area contributed by atoms with Gasteiger partial charge in [-0.1, -0.05) is 58.4 Å². The van der Waals surface area contributed by atoms with Gasteiger partial charge in [0, 0.05) is 16.0 Å². The highest BCUT2D eigenvalue weighted by molar-refractivity contribution is 9.10. The number of benzene rings is 2. The number of allylic oxidation sites excluding steroid dienone is 5. The van der Waals surface area contributed by atoms with Crippen LogP contribution < -0.4 is 0 Å². The van der Waals surface area contributed by atoms with Crippen molar-refractivity contribution in [1.29, 1.82) is 5.26 Å². The zero-order chi connectivity index (χ0) is 17.4. The van der Waals surface area contributed by atoms with Crippen LogP contribution in [0, 0.1) is 17.2 Å². The van der Waals surface area contributed by atoms with Crippen LogP contribution in [-0.4, -0.2) is 6.29 Å². The first-order valence-corrected chi connectivity index (χ1v) is 8.51. The Labute approximate surface area is 150 Å². The van der Waals surface area contributed by atoms with Crippen molar-refractivity contribution in [2.45, 2.75) is 13.3 Å². The number of rotatable bonds is 2. The van der Waals surface area contributed by atoms with E-state index in [0.717, 1.165) is 10.8 Å². The summed E-state index contributed by atoms with van der Waals surface area (Å²) < 4.78 is 1.13. The summed E-state index contributed by atoms with van der Waals surface area (Å²) >= 11 is 3.47. The second-order valence-corrected chi connectivity index (χ2v) is 6.33. The minimum atomic E-state index is -0.0166. The van der Waals surface area contributed by atoms with Gasteiger partial charge < -0.3 is 4.79 Å². The highest BCUT2D eigenvalue weighted by Crippen LogP contribution is 2.21. The summed E-state index contributed by atoms with van der Waals surface area (Å²) in [6.07, 6.45) is 10.9. The third-order valence-electron chi connectivity index (χ3n) is 3.62. The van der Waals surface area contributed by atoms with Crippen molar-refractivity contribution in [3.8, 4) is 6.07 Å². The molecule has 2 aromatic rings. The van der Waals surface area contributed by atoms with Crippen LogP contribution in [0.1, 0.15) is 18.9 Å². The predicted octanol–water partition coefficient (Wildman–Crippen LogP) is 5.85. The van der Waals surface area contributed by atoms with E-state index in [1.54, 1.807) is 18.2 Å². The molecule has 0 bridgehead atoms. The van der Waals surface area contributed by atoms with Gasteiger partial charge in [-0.2, -0.15) is 5.26 Å². The monoisotopic (exact) mass is 379 g/mol. The zero-order valence-electron chi connectivity index (χ0n) is 13.4. The van der Waals surface area contributed by atoms with Crippen LogP contribution in [0.2, 0.25) is 0 Å².